The van der Waals surface area contributed by atoms with Gasteiger partial charge in [-0.2, -0.15) is 0 Å². The SMILES string of the molecule is CC(=O)OCc1ccc(C(C)=O)cc1N. The van der Waals surface area contributed by atoms with E-state index in [9.17, 15) is 9.59 Å². The summed E-state index contributed by atoms with van der Waals surface area (Å²) < 4.78 is 4.81. The van der Waals surface area contributed by atoms with E-state index in [0.29, 0.717) is 16.8 Å². The van der Waals surface area contributed by atoms with Crippen LogP contribution >= 0.6 is 0 Å². The Bertz CT molecular complexity index is 399. The van der Waals surface area contributed by atoms with E-state index < -0.39 is 0 Å². The molecule has 0 spiro atoms. The second-order valence-corrected chi connectivity index (χ2v) is 3.25. The number of ketones is 1. The van der Waals surface area contributed by atoms with Gasteiger partial charge in [-0.1, -0.05) is 12.1 Å². The lowest BCUT2D eigenvalue weighted by Gasteiger charge is -2.06. The van der Waals surface area contributed by atoms with Crippen molar-refractivity contribution in [1.29, 1.82) is 0 Å². The van der Waals surface area contributed by atoms with Gasteiger partial charge in [0.25, 0.3) is 0 Å². The minimum absolute atomic E-state index is 0.0410. The average Bonchev–Trinajstić information content (AvgIpc) is 2.15. The van der Waals surface area contributed by atoms with Crippen molar-refractivity contribution in [3.8, 4) is 0 Å². The van der Waals surface area contributed by atoms with E-state index in [4.69, 9.17) is 10.5 Å². The van der Waals surface area contributed by atoms with Crippen molar-refractivity contribution < 1.29 is 14.3 Å². The summed E-state index contributed by atoms with van der Waals surface area (Å²) in [6, 6.07) is 4.94. The van der Waals surface area contributed by atoms with E-state index >= 15 is 0 Å². The molecule has 0 unspecified atom stereocenters. The molecule has 0 aliphatic heterocycles. The maximum atomic E-state index is 11.0. The van der Waals surface area contributed by atoms with Crippen molar-refractivity contribution in [2.75, 3.05) is 5.73 Å². The van der Waals surface area contributed by atoms with Crippen LogP contribution in [0.5, 0.6) is 0 Å². The van der Waals surface area contributed by atoms with E-state index in [-0.39, 0.29) is 18.4 Å². The Hall–Kier alpha value is -1.84. The second-order valence-electron chi connectivity index (χ2n) is 3.25. The topological polar surface area (TPSA) is 69.4 Å². The third-order valence-corrected chi connectivity index (χ3v) is 1.98. The van der Waals surface area contributed by atoms with Crippen LogP contribution in [0.3, 0.4) is 0 Å². The number of hydrogen-bond donors (Lipinski definition) is 1. The second kappa shape index (κ2) is 4.59. The van der Waals surface area contributed by atoms with Gasteiger partial charge in [0.15, 0.2) is 5.78 Å². The number of esters is 1. The molecule has 0 heterocycles. The highest BCUT2D eigenvalue weighted by Gasteiger charge is 2.05. The van der Waals surface area contributed by atoms with E-state index in [1.807, 2.05) is 0 Å². The lowest BCUT2D eigenvalue weighted by Crippen LogP contribution is -2.03. The molecule has 0 aliphatic carbocycles. The Morgan fingerprint density at radius 2 is 2.00 bits per heavy atom. The summed E-state index contributed by atoms with van der Waals surface area (Å²) in [6.07, 6.45) is 0. The summed E-state index contributed by atoms with van der Waals surface area (Å²) >= 11 is 0. The molecule has 1 rings (SSSR count). The maximum absolute atomic E-state index is 11.0. The number of rotatable bonds is 3. The predicted octanol–water partition coefficient (Wildman–Crippen LogP) is 1.53. The van der Waals surface area contributed by atoms with Gasteiger partial charge in [-0.3, -0.25) is 9.59 Å². The predicted molar refractivity (Wildman–Crippen MR) is 56.3 cm³/mol. The number of nitrogens with two attached hydrogens (primary N) is 1. The molecule has 0 fully saturated rings. The number of carbonyl (C=O) groups is 2. The van der Waals surface area contributed by atoms with Crippen LogP contribution in [0.4, 0.5) is 5.69 Å². The highest BCUT2D eigenvalue weighted by Crippen LogP contribution is 2.15. The van der Waals surface area contributed by atoms with E-state index in [2.05, 4.69) is 0 Å². The molecular formula is C11H13NO3. The number of ether oxygens (including phenoxy) is 1. The molecule has 0 saturated heterocycles. The van der Waals surface area contributed by atoms with Gasteiger partial charge in [-0.15, -0.1) is 0 Å². The fourth-order valence-corrected chi connectivity index (χ4v) is 1.12. The number of anilines is 1. The summed E-state index contributed by atoms with van der Waals surface area (Å²) in [6.45, 7) is 2.94. The number of benzene rings is 1. The van der Waals surface area contributed by atoms with Gasteiger partial charge < -0.3 is 10.5 Å². The van der Waals surface area contributed by atoms with Gasteiger partial charge >= 0.3 is 5.97 Å². The van der Waals surface area contributed by atoms with Crippen molar-refractivity contribution in [2.45, 2.75) is 20.5 Å². The van der Waals surface area contributed by atoms with Crippen LogP contribution < -0.4 is 5.73 Å². The Labute approximate surface area is 88.0 Å². The molecule has 1 aromatic rings. The van der Waals surface area contributed by atoms with Crippen molar-refractivity contribution in [3.63, 3.8) is 0 Å². The Kier molecular flexibility index (Phi) is 3.44. The minimum Gasteiger partial charge on any atom is -0.461 e. The van der Waals surface area contributed by atoms with Crippen LogP contribution in [0.25, 0.3) is 0 Å². The maximum Gasteiger partial charge on any atom is 0.302 e. The quantitative estimate of drug-likeness (QED) is 0.463. The van der Waals surface area contributed by atoms with Crippen molar-refractivity contribution in [3.05, 3.63) is 29.3 Å². The van der Waals surface area contributed by atoms with Gasteiger partial charge in [0.05, 0.1) is 0 Å². The number of Topliss-reactive ketones (excluding diaryl/α,β-unsaturated/α-hetero) is 1. The summed E-state index contributed by atoms with van der Waals surface area (Å²) in [5.74, 6) is -0.397. The minimum atomic E-state index is -0.356. The molecule has 0 aromatic heterocycles. The number of carbonyl (C=O) groups excluding carboxylic acids is 2. The molecular weight excluding hydrogens is 194 g/mol. The largest absolute Gasteiger partial charge is 0.461 e. The first-order chi connectivity index (χ1) is 7.00. The van der Waals surface area contributed by atoms with Crippen LogP contribution in [-0.4, -0.2) is 11.8 Å². The normalized spacial score (nSPS) is 9.73. The molecule has 0 atom stereocenters. The molecule has 15 heavy (non-hydrogen) atoms. The molecule has 1 aromatic carbocycles. The molecule has 0 bridgehead atoms. The third-order valence-electron chi connectivity index (χ3n) is 1.98. The van der Waals surface area contributed by atoms with Crippen molar-refractivity contribution in [2.24, 2.45) is 0 Å². The Balaban J connectivity index is 2.83. The van der Waals surface area contributed by atoms with Gasteiger partial charge in [-0.05, 0) is 13.0 Å². The standard InChI is InChI=1S/C11H13NO3/c1-7(13)9-3-4-10(11(12)5-9)6-15-8(2)14/h3-5H,6,12H2,1-2H3. The van der Waals surface area contributed by atoms with Gasteiger partial charge in [0.2, 0.25) is 0 Å². The Morgan fingerprint density at radius 1 is 1.33 bits per heavy atom. The molecule has 80 valence electrons. The summed E-state index contributed by atoms with van der Waals surface area (Å²) in [4.78, 5) is 21.6. The first-order valence-electron chi connectivity index (χ1n) is 4.53. The lowest BCUT2D eigenvalue weighted by atomic mass is 10.1. The van der Waals surface area contributed by atoms with E-state index in [1.165, 1.54) is 13.8 Å². The summed E-state index contributed by atoms with van der Waals surface area (Å²) in [5, 5.41) is 0. The zero-order valence-electron chi connectivity index (χ0n) is 8.74. The summed E-state index contributed by atoms with van der Waals surface area (Å²) in [5.41, 5.74) is 7.42. The van der Waals surface area contributed by atoms with E-state index in [1.54, 1.807) is 18.2 Å². The van der Waals surface area contributed by atoms with Crippen molar-refractivity contribution in [1.82, 2.24) is 0 Å². The van der Waals surface area contributed by atoms with Crippen LogP contribution in [0.1, 0.15) is 29.8 Å². The fraction of sp³-hybridized carbons (Fsp3) is 0.273. The van der Waals surface area contributed by atoms with Gasteiger partial charge in [-0.25, -0.2) is 0 Å². The van der Waals surface area contributed by atoms with Gasteiger partial charge in [0, 0.05) is 23.7 Å². The molecule has 0 saturated carbocycles. The first kappa shape index (κ1) is 11.2. The summed E-state index contributed by atoms with van der Waals surface area (Å²) in [7, 11) is 0. The van der Waals surface area contributed by atoms with Gasteiger partial charge in [0.1, 0.15) is 6.61 Å². The van der Waals surface area contributed by atoms with Crippen molar-refractivity contribution >= 4 is 17.4 Å². The highest BCUT2D eigenvalue weighted by atomic mass is 16.5. The molecule has 0 aliphatic rings. The lowest BCUT2D eigenvalue weighted by molar-refractivity contribution is -0.142. The zero-order valence-corrected chi connectivity index (χ0v) is 8.74. The zero-order chi connectivity index (χ0) is 11.4. The molecule has 2 N–H and O–H groups in total. The number of hydrogen-bond acceptors (Lipinski definition) is 4. The fourth-order valence-electron chi connectivity index (χ4n) is 1.12. The Morgan fingerprint density at radius 3 is 2.47 bits per heavy atom. The van der Waals surface area contributed by atoms with Crippen LogP contribution in [-0.2, 0) is 16.1 Å². The van der Waals surface area contributed by atoms with E-state index in [0.717, 1.165) is 0 Å². The average molecular weight is 207 g/mol. The molecule has 4 heteroatoms. The van der Waals surface area contributed by atoms with Crippen LogP contribution in [0.15, 0.2) is 18.2 Å². The number of nitrogen functional groups attached to an aromatic ring is 1. The molecule has 0 radical (unpaired) electrons. The first-order valence-corrected chi connectivity index (χ1v) is 4.53. The molecule has 4 nitrogen and oxygen atoms in total. The monoisotopic (exact) mass is 207 g/mol. The smallest absolute Gasteiger partial charge is 0.302 e. The third kappa shape index (κ3) is 3.09. The van der Waals surface area contributed by atoms with Crippen LogP contribution in [0.2, 0.25) is 0 Å². The molecule has 0 amide bonds. The van der Waals surface area contributed by atoms with Crippen LogP contribution in [0, 0.1) is 0 Å². The highest BCUT2D eigenvalue weighted by molar-refractivity contribution is 5.95.